The minimum absolute atomic E-state index is 0.0135. The third-order valence-corrected chi connectivity index (χ3v) is 4.56. The zero-order chi connectivity index (χ0) is 14.7. The summed E-state index contributed by atoms with van der Waals surface area (Å²) < 4.78 is 5.39. The summed E-state index contributed by atoms with van der Waals surface area (Å²) >= 11 is 0. The lowest BCUT2D eigenvalue weighted by molar-refractivity contribution is -0.112. The monoisotopic (exact) mass is 275 g/mol. The number of aldehydes is 1. The Bertz CT molecular complexity index is 478. The van der Waals surface area contributed by atoms with Crippen LogP contribution in [0.1, 0.15) is 42.5 Å². The quantitative estimate of drug-likeness (QED) is 0.772. The number of methoxy groups -OCH3 is 1. The number of carbonyl (C=O) groups excluding carboxylic acids is 1. The summed E-state index contributed by atoms with van der Waals surface area (Å²) in [6.45, 7) is 8.42. The predicted octanol–water partition coefficient (Wildman–Crippen LogP) is 3.28. The molecule has 1 aromatic rings. The second-order valence-electron chi connectivity index (χ2n) is 5.79. The SMILES string of the molecule is COc1ccc(C(C(C)C=O)N2CCCC2)c(C)c1C. The Morgan fingerprint density at radius 2 is 1.85 bits per heavy atom. The Hall–Kier alpha value is -1.35. The van der Waals surface area contributed by atoms with E-state index >= 15 is 0 Å². The predicted molar refractivity (Wildman–Crippen MR) is 81.2 cm³/mol. The largest absolute Gasteiger partial charge is 0.496 e. The third kappa shape index (κ3) is 2.73. The van der Waals surface area contributed by atoms with Crippen molar-refractivity contribution in [1.29, 1.82) is 0 Å². The molecule has 1 heterocycles. The molecular weight excluding hydrogens is 250 g/mol. The van der Waals surface area contributed by atoms with Gasteiger partial charge < -0.3 is 9.53 Å². The van der Waals surface area contributed by atoms with Crippen LogP contribution in [0.15, 0.2) is 12.1 Å². The van der Waals surface area contributed by atoms with Gasteiger partial charge in [0.15, 0.2) is 0 Å². The second kappa shape index (κ2) is 6.40. The summed E-state index contributed by atoms with van der Waals surface area (Å²) in [6.07, 6.45) is 3.55. The van der Waals surface area contributed by atoms with Crippen LogP contribution in [0.3, 0.4) is 0 Å². The van der Waals surface area contributed by atoms with Crippen LogP contribution in [0.4, 0.5) is 0 Å². The van der Waals surface area contributed by atoms with Crippen LogP contribution in [0.2, 0.25) is 0 Å². The van der Waals surface area contributed by atoms with Gasteiger partial charge in [0.25, 0.3) is 0 Å². The standard InChI is InChI=1S/C17H25NO2/c1-12(11-19)17(18-9-5-6-10-18)15-7-8-16(20-4)14(3)13(15)2/h7-8,11-12,17H,5-6,9-10H2,1-4H3. The fourth-order valence-electron chi connectivity index (χ4n) is 3.26. The van der Waals surface area contributed by atoms with Gasteiger partial charge in [-0.25, -0.2) is 0 Å². The average molecular weight is 275 g/mol. The van der Waals surface area contributed by atoms with Crippen molar-refractivity contribution in [3.05, 3.63) is 28.8 Å². The van der Waals surface area contributed by atoms with Crippen LogP contribution in [0.25, 0.3) is 0 Å². The zero-order valence-electron chi connectivity index (χ0n) is 13.0. The number of carbonyl (C=O) groups is 1. The van der Waals surface area contributed by atoms with Crippen molar-refractivity contribution in [3.63, 3.8) is 0 Å². The molecule has 2 atom stereocenters. The Kier molecular flexibility index (Phi) is 4.81. The van der Waals surface area contributed by atoms with Gasteiger partial charge >= 0.3 is 0 Å². The molecule has 110 valence electrons. The van der Waals surface area contributed by atoms with Crippen LogP contribution >= 0.6 is 0 Å². The van der Waals surface area contributed by atoms with E-state index in [4.69, 9.17) is 4.74 Å². The molecule has 0 N–H and O–H groups in total. The van der Waals surface area contributed by atoms with Gasteiger partial charge in [-0.15, -0.1) is 0 Å². The van der Waals surface area contributed by atoms with E-state index < -0.39 is 0 Å². The van der Waals surface area contributed by atoms with Gasteiger partial charge in [0.1, 0.15) is 12.0 Å². The highest BCUT2D eigenvalue weighted by molar-refractivity contribution is 5.56. The molecule has 0 saturated carbocycles. The van der Waals surface area contributed by atoms with E-state index in [9.17, 15) is 4.79 Å². The molecule has 3 nitrogen and oxygen atoms in total. The molecule has 1 aromatic carbocycles. The van der Waals surface area contributed by atoms with Crippen LogP contribution < -0.4 is 4.74 Å². The molecule has 2 rings (SSSR count). The molecule has 0 aromatic heterocycles. The topological polar surface area (TPSA) is 29.5 Å². The van der Waals surface area contributed by atoms with Gasteiger partial charge in [-0.05, 0) is 62.5 Å². The number of nitrogens with zero attached hydrogens (tertiary/aromatic N) is 1. The normalized spacial score (nSPS) is 18.8. The Labute approximate surface area is 121 Å². The maximum Gasteiger partial charge on any atom is 0.124 e. The highest BCUT2D eigenvalue weighted by Gasteiger charge is 2.29. The van der Waals surface area contributed by atoms with Crippen LogP contribution in [-0.2, 0) is 4.79 Å². The first-order chi connectivity index (χ1) is 9.60. The zero-order valence-corrected chi connectivity index (χ0v) is 13.0. The van der Waals surface area contributed by atoms with Gasteiger partial charge in [-0.1, -0.05) is 13.0 Å². The smallest absolute Gasteiger partial charge is 0.124 e. The maximum absolute atomic E-state index is 11.3. The van der Waals surface area contributed by atoms with Crippen LogP contribution in [0.5, 0.6) is 5.75 Å². The third-order valence-electron chi connectivity index (χ3n) is 4.56. The summed E-state index contributed by atoms with van der Waals surface area (Å²) in [5.41, 5.74) is 3.69. The lowest BCUT2D eigenvalue weighted by Gasteiger charge is -2.32. The molecule has 0 bridgehead atoms. The first kappa shape index (κ1) is 15.0. The second-order valence-corrected chi connectivity index (χ2v) is 5.79. The minimum Gasteiger partial charge on any atom is -0.496 e. The van der Waals surface area contributed by atoms with Crippen molar-refractivity contribution >= 4 is 6.29 Å². The van der Waals surface area contributed by atoms with Crippen molar-refractivity contribution in [2.45, 2.75) is 39.7 Å². The molecule has 0 radical (unpaired) electrons. The van der Waals surface area contributed by atoms with Gasteiger partial charge in [0.2, 0.25) is 0 Å². The number of likely N-dealkylation sites (tertiary alicyclic amines) is 1. The number of hydrogen-bond acceptors (Lipinski definition) is 3. The fourth-order valence-corrected chi connectivity index (χ4v) is 3.26. The Balaban J connectivity index is 2.43. The maximum atomic E-state index is 11.3. The lowest BCUT2D eigenvalue weighted by atomic mass is 9.89. The van der Waals surface area contributed by atoms with Gasteiger partial charge in [-0.2, -0.15) is 0 Å². The molecule has 20 heavy (non-hydrogen) atoms. The van der Waals surface area contributed by atoms with E-state index in [0.717, 1.165) is 25.1 Å². The summed E-state index contributed by atoms with van der Waals surface area (Å²) in [5.74, 6) is 0.935. The first-order valence-corrected chi connectivity index (χ1v) is 7.43. The molecule has 0 spiro atoms. The molecule has 0 amide bonds. The van der Waals surface area contributed by atoms with Crippen molar-refractivity contribution in [3.8, 4) is 5.75 Å². The van der Waals surface area contributed by atoms with Crippen LogP contribution in [0, 0.1) is 19.8 Å². The van der Waals surface area contributed by atoms with Gasteiger partial charge in [-0.3, -0.25) is 4.90 Å². The minimum atomic E-state index is 0.0135. The molecule has 1 aliphatic rings. The summed E-state index contributed by atoms with van der Waals surface area (Å²) in [7, 11) is 1.70. The number of benzene rings is 1. The molecule has 3 heteroatoms. The summed E-state index contributed by atoms with van der Waals surface area (Å²) in [6, 6.07) is 4.35. The average Bonchev–Trinajstić information content (AvgIpc) is 2.97. The van der Waals surface area contributed by atoms with Crippen LogP contribution in [-0.4, -0.2) is 31.4 Å². The Morgan fingerprint density at radius 1 is 1.20 bits per heavy atom. The Morgan fingerprint density at radius 3 is 2.40 bits per heavy atom. The lowest BCUT2D eigenvalue weighted by Crippen LogP contribution is -2.31. The molecule has 0 aliphatic carbocycles. The van der Waals surface area contributed by atoms with Crippen molar-refractivity contribution < 1.29 is 9.53 Å². The van der Waals surface area contributed by atoms with E-state index in [1.807, 2.05) is 13.0 Å². The van der Waals surface area contributed by atoms with Gasteiger partial charge in [0.05, 0.1) is 7.11 Å². The van der Waals surface area contributed by atoms with E-state index in [2.05, 4.69) is 24.8 Å². The summed E-state index contributed by atoms with van der Waals surface area (Å²) in [4.78, 5) is 13.8. The van der Waals surface area contributed by atoms with E-state index in [1.54, 1.807) is 7.11 Å². The van der Waals surface area contributed by atoms with Crippen molar-refractivity contribution in [2.75, 3.05) is 20.2 Å². The number of hydrogen-bond donors (Lipinski definition) is 0. The molecule has 1 aliphatic heterocycles. The van der Waals surface area contributed by atoms with E-state index in [0.29, 0.717) is 0 Å². The van der Waals surface area contributed by atoms with Gasteiger partial charge in [0, 0.05) is 12.0 Å². The molecule has 1 fully saturated rings. The highest BCUT2D eigenvalue weighted by atomic mass is 16.5. The number of rotatable bonds is 5. The molecular formula is C17H25NO2. The van der Waals surface area contributed by atoms with Crippen molar-refractivity contribution in [2.24, 2.45) is 5.92 Å². The van der Waals surface area contributed by atoms with E-state index in [-0.39, 0.29) is 12.0 Å². The molecule has 2 unspecified atom stereocenters. The summed E-state index contributed by atoms with van der Waals surface area (Å²) in [5, 5.41) is 0. The van der Waals surface area contributed by atoms with Crippen molar-refractivity contribution in [1.82, 2.24) is 4.90 Å². The van der Waals surface area contributed by atoms with E-state index in [1.165, 1.54) is 29.5 Å². The first-order valence-electron chi connectivity index (χ1n) is 7.43. The molecule has 1 saturated heterocycles. The number of ether oxygens (including phenoxy) is 1. The fraction of sp³-hybridized carbons (Fsp3) is 0.588. The highest BCUT2D eigenvalue weighted by Crippen LogP contribution is 2.36.